The quantitative estimate of drug-likeness (QED) is 0.634. The van der Waals surface area contributed by atoms with E-state index >= 15 is 0 Å². The molecule has 2 aromatic rings. The van der Waals surface area contributed by atoms with Crippen LogP contribution >= 0.6 is 11.6 Å². The lowest BCUT2D eigenvalue weighted by Gasteiger charge is -2.21. The van der Waals surface area contributed by atoms with Crippen LogP contribution < -0.4 is 9.47 Å². The molecule has 0 amide bonds. The van der Waals surface area contributed by atoms with Crippen LogP contribution in [0.2, 0.25) is 5.02 Å². The molecule has 0 atom stereocenters. The van der Waals surface area contributed by atoms with Crippen LogP contribution in [-0.2, 0) is 18.0 Å². The third-order valence-electron chi connectivity index (χ3n) is 3.17. The molecule has 0 saturated carbocycles. The minimum absolute atomic E-state index is 0.0183. The Balaban J connectivity index is 1.81. The van der Waals surface area contributed by atoms with E-state index in [9.17, 15) is 10.1 Å². The van der Waals surface area contributed by atoms with Gasteiger partial charge in [-0.15, -0.1) is 0 Å². The van der Waals surface area contributed by atoms with E-state index in [4.69, 9.17) is 25.8 Å². The van der Waals surface area contributed by atoms with Gasteiger partial charge in [-0.2, -0.15) is 0 Å². The van der Waals surface area contributed by atoms with Gasteiger partial charge in [0.05, 0.1) is 17.6 Å². The predicted molar refractivity (Wildman–Crippen MR) is 79.2 cm³/mol. The Labute approximate surface area is 131 Å². The molecule has 0 aliphatic carbocycles. The maximum atomic E-state index is 10.8. The number of benzene rings is 2. The summed E-state index contributed by atoms with van der Waals surface area (Å²) in [4.78, 5) is 10.3. The van der Waals surface area contributed by atoms with Crippen molar-refractivity contribution < 1.29 is 19.1 Å². The molecule has 1 aliphatic rings. The fourth-order valence-corrected chi connectivity index (χ4v) is 2.48. The maximum Gasteiger partial charge on any atom is 0.273 e. The van der Waals surface area contributed by atoms with Crippen molar-refractivity contribution in [2.75, 3.05) is 6.79 Å². The Bertz CT molecular complexity index is 719. The lowest BCUT2D eigenvalue weighted by molar-refractivity contribution is -0.384. The van der Waals surface area contributed by atoms with Crippen molar-refractivity contribution >= 4 is 17.3 Å². The van der Waals surface area contributed by atoms with Crippen LogP contribution in [0.4, 0.5) is 5.69 Å². The standard InChI is InChI=1S/C15H12ClNO5/c16-12-4-10-7-20-9-22-15(10)11(5-12)8-21-14-3-1-2-13(6-14)17(18)19/h1-6H,7-9H2. The summed E-state index contributed by atoms with van der Waals surface area (Å²) >= 11 is 6.07. The van der Waals surface area contributed by atoms with E-state index in [0.717, 1.165) is 11.1 Å². The molecule has 22 heavy (non-hydrogen) atoms. The molecule has 1 heterocycles. The van der Waals surface area contributed by atoms with Gasteiger partial charge in [-0.25, -0.2) is 0 Å². The summed E-state index contributed by atoms with van der Waals surface area (Å²) in [6.07, 6.45) is 0. The first-order valence-corrected chi connectivity index (χ1v) is 6.90. The first-order chi connectivity index (χ1) is 10.6. The van der Waals surface area contributed by atoms with Crippen molar-refractivity contribution in [1.82, 2.24) is 0 Å². The number of rotatable bonds is 4. The zero-order chi connectivity index (χ0) is 15.5. The Hall–Kier alpha value is -2.31. The van der Waals surface area contributed by atoms with Crippen LogP contribution in [0.3, 0.4) is 0 Å². The fraction of sp³-hybridized carbons (Fsp3) is 0.200. The zero-order valence-electron chi connectivity index (χ0n) is 11.5. The number of halogens is 1. The van der Waals surface area contributed by atoms with Gasteiger partial charge >= 0.3 is 0 Å². The summed E-state index contributed by atoms with van der Waals surface area (Å²) in [6, 6.07) is 9.56. The number of nitro groups is 1. The van der Waals surface area contributed by atoms with Crippen molar-refractivity contribution in [3.05, 3.63) is 62.7 Å². The normalized spacial score (nSPS) is 13.1. The lowest BCUT2D eigenvalue weighted by atomic mass is 10.1. The molecule has 0 spiro atoms. The van der Waals surface area contributed by atoms with Gasteiger partial charge in [0.15, 0.2) is 6.79 Å². The van der Waals surface area contributed by atoms with Gasteiger partial charge in [0.2, 0.25) is 0 Å². The molecule has 0 fully saturated rings. The number of nitro benzene ring substituents is 1. The molecular weight excluding hydrogens is 310 g/mol. The topological polar surface area (TPSA) is 70.8 Å². The minimum atomic E-state index is -0.464. The average Bonchev–Trinajstić information content (AvgIpc) is 2.52. The summed E-state index contributed by atoms with van der Waals surface area (Å²) in [5.41, 5.74) is 1.61. The van der Waals surface area contributed by atoms with Gasteiger partial charge < -0.3 is 14.2 Å². The van der Waals surface area contributed by atoms with E-state index in [1.54, 1.807) is 24.3 Å². The highest BCUT2D eigenvalue weighted by Crippen LogP contribution is 2.32. The minimum Gasteiger partial charge on any atom is -0.489 e. The molecular formula is C15H12ClNO5. The van der Waals surface area contributed by atoms with E-state index < -0.39 is 4.92 Å². The van der Waals surface area contributed by atoms with Crippen molar-refractivity contribution in [2.45, 2.75) is 13.2 Å². The maximum absolute atomic E-state index is 10.8. The number of non-ortho nitro benzene ring substituents is 1. The molecule has 0 unspecified atom stereocenters. The van der Waals surface area contributed by atoms with Gasteiger partial charge in [-0.3, -0.25) is 10.1 Å². The van der Waals surface area contributed by atoms with E-state index in [-0.39, 0.29) is 19.1 Å². The van der Waals surface area contributed by atoms with Gasteiger partial charge in [0.25, 0.3) is 5.69 Å². The molecule has 2 aromatic carbocycles. The van der Waals surface area contributed by atoms with Crippen LogP contribution in [0.25, 0.3) is 0 Å². The fourth-order valence-electron chi connectivity index (χ4n) is 2.21. The molecule has 1 aliphatic heterocycles. The Kier molecular flexibility index (Phi) is 4.13. The first kappa shape index (κ1) is 14.6. The average molecular weight is 322 g/mol. The van der Waals surface area contributed by atoms with E-state index in [1.807, 2.05) is 0 Å². The van der Waals surface area contributed by atoms with Crippen molar-refractivity contribution in [1.29, 1.82) is 0 Å². The third-order valence-corrected chi connectivity index (χ3v) is 3.39. The number of hydrogen-bond donors (Lipinski definition) is 0. The molecule has 114 valence electrons. The summed E-state index contributed by atoms with van der Waals surface area (Å²) in [5.74, 6) is 1.11. The van der Waals surface area contributed by atoms with Crippen LogP contribution in [0, 0.1) is 10.1 Å². The number of hydrogen-bond acceptors (Lipinski definition) is 5. The highest BCUT2D eigenvalue weighted by Gasteiger charge is 2.17. The van der Waals surface area contributed by atoms with E-state index in [1.165, 1.54) is 12.1 Å². The Morgan fingerprint density at radius 1 is 1.32 bits per heavy atom. The number of ether oxygens (including phenoxy) is 3. The van der Waals surface area contributed by atoms with E-state index in [2.05, 4.69) is 0 Å². The third kappa shape index (κ3) is 3.13. The van der Waals surface area contributed by atoms with Gasteiger partial charge in [0.1, 0.15) is 18.1 Å². The smallest absolute Gasteiger partial charge is 0.273 e. The second kappa shape index (κ2) is 6.21. The molecule has 0 radical (unpaired) electrons. The Morgan fingerprint density at radius 2 is 2.18 bits per heavy atom. The summed E-state index contributed by atoms with van der Waals surface area (Å²) in [7, 11) is 0. The lowest BCUT2D eigenvalue weighted by Crippen LogP contribution is -2.14. The van der Waals surface area contributed by atoms with Crippen LogP contribution in [-0.4, -0.2) is 11.7 Å². The van der Waals surface area contributed by atoms with Crippen LogP contribution in [0.1, 0.15) is 11.1 Å². The second-order valence-electron chi connectivity index (χ2n) is 4.71. The largest absolute Gasteiger partial charge is 0.489 e. The van der Waals surface area contributed by atoms with Gasteiger partial charge in [-0.05, 0) is 18.2 Å². The molecule has 0 bridgehead atoms. The summed E-state index contributed by atoms with van der Waals surface area (Å²) in [6.45, 7) is 0.808. The molecule has 3 rings (SSSR count). The number of fused-ring (bicyclic) bond motifs is 1. The van der Waals surface area contributed by atoms with Crippen molar-refractivity contribution in [3.63, 3.8) is 0 Å². The molecule has 0 N–H and O–H groups in total. The zero-order valence-corrected chi connectivity index (χ0v) is 12.2. The summed E-state index contributed by atoms with van der Waals surface area (Å²) in [5, 5.41) is 11.3. The monoisotopic (exact) mass is 321 g/mol. The second-order valence-corrected chi connectivity index (χ2v) is 5.14. The van der Waals surface area contributed by atoms with Crippen LogP contribution in [0.5, 0.6) is 11.5 Å². The summed E-state index contributed by atoms with van der Waals surface area (Å²) < 4.78 is 16.3. The van der Waals surface area contributed by atoms with E-state index in [0.29, 0.717) is 23.1 Å². The SMILES string of the molecule is O=[N+]([O-])c1cccc(OCc2cc(Cl)cc3c2OCOC3)c1. The predicted octanol–water partition coefficient (Wildman–Crippen LogP) is 3.69. The highest BCUT2D eigenvalue weighted by molar-refractivity contribution is 6.30. The van der Waals surface area contributed by atoms with Crippen LogP contribution in [0.15, 0.2) is 36.4 Å². The molecule has 0 aromatic heterocycles. The van der Waals surface area contributed by atoms with Gasteiger partial charge in [-0.1, -0.05) is 17.7 Å². The number of nitrogens with zero attached hydrogens (tertiary/aromatic N) is 1. The highest BCUT2D eigenvalue weighted by atomic mass is 35.5. The molecule has 0 saturated heterocycles. The van der Waals surface area contributed by atoms with Crippen molar-refractivity contribution in [3.8, 4) is 11.5 Å². The first-order valence-electron chi connectivity index (χ1n) is 6.52. The molecule has 7 heteroatoms. The van der Waals surface area contributed by atoms with Crippen molar-refractivity contribution in [2.24, 2.45) is 0 Å². The Morgan fingerprint density at radius 3 is 3.00 bits per heavy atom. The van der Waals surface area contributed by atoms with Gasteiger partial charge in [0, 0.05) is 22.2 Å². The molecule has 6 nitrogen and oxygen atoms in total.